The maximum atomic E-state index is 13.0. The van der Waals surface area contributed by atoms with Gasteiger partial charge in [0.15, 0.2) is 0 Å². The molecule has 2 fully saturated rings. The number of carbonyl (C=O) groups is 2. The summed E-state index contributed by atoms with van der Waals surface area (Å²) in [7, 11) is 0. The second-order valence-corrected chi connectivity index (χ2v) is 7.03. The fraction of sp³-hybridized carbons (Fsp3) is 0.400. The third-order valence-corrected chi connectivity index (χ3v) is 5.24. The number of amides is 2. The summed E-state index contributed by atoms with van der Waals surface area (Å²) in [6.07, 6.45) is 2.18. The van der Waals surface area contributed by atoms with Crippen molar-refractivity contribution in [2.45, 2.75) is 13.0 Å². The summed E-state index contributed by atoms with van der Waals surface area (Å²) < 4.78 is 18.2. The Morgan fingerprint density at radius 2 is 1.81 bits per heavy atom. The van der Waals surface area contributed by atoms with E-state index in [-0.39, 0.29) is 29.5 Å². The minimum absolute atomic E-state index is 0.0619. The molecule has 27 heavy (non-hydrogen) atoms. The van der Waals surface area contributed by atoms with Crippen molar-refractivity contribution in [1.29, 1.82) is 0 Å². The minimum Gasteiger partial charge on any atom is -0.467 e. The average Bonchev–Trinajstić information content (AvgIpc) is 3.33. The predicted octanol–water partition coefficient (Wildman–Crippen LogP) is 2.02. The van der Waals surface area contributed by atoms with Crippen LogP contribution in [0, 0.1) is 17.7 Å². The summed E-state index contributed by atoms with van der Waals surface area (Å²) >= 11 is 0. The topological polar surface area (TPSA) is 65.8 Å². The molecule has 1 aromatic carbocycles. The van der Waals surface area contributed by atoms with Gasteiger partial charge >= 0.3 is 0 Å². The van der Waals surface area contributed by atoms with E-state index in [1.165, 1.54) is 12.1 Å². The molecule has 2 amide bonds. The molecule has 1 N–H and O–H groups in total. The van der Waals surface area contributed by atoms with Gasteiger partial charge in [-0.15, -0.1) is 0 Å². The summed E-state index contributed by atoms with van der Waals surface area (Å²) in [5, 5.41) is 2.83. The lowest BCUT2D eigenvalue weighted by molar-refractivity contribution is -0.135. The molecule has 1 saturated carbocycles. The molecule has 1 aliphatic heterocycles. The summed E-state index contributed by atoms with van der Waals surface area (Å²) in [5.41, 5.74) is 0.963. The van der Waals surface area contributed by atoms with Crippen LogP contribution < -0.4 is 10.2 Å². The van der Waals surface area contributed by atoms with E-state index < -0.39 is 0 Å². The van der Waals surface area contributed by atoms with E-state index in [1.807, 2.05) is 4.90 Å². The van der Waals surface area contributed by atoms with Crippen LogP contribution in [0.25, 0.3) is 0 Å². The summed E-state index contributed by atoms with van der Waals surface area (Å²) in [4.78, 5) is 28.8. The van der Waals surface area contributed by atoms with Gasteiger partial charge < -0.3 is 19.5 Å². The van der Waals surface area contributed by atoms with Crippen LogP contribution in [-0.4, -0.2) is 42.9 Å². The van der Waals surface area contributed by atoms with Gasteiger partial charge in [0.05, 0.1) is 24.6 Å². The number of furan rings is 1. The van der Waals surface area contributed by atoms with Crippen molar-refractivity contribution >= 4 is 17.5 Å². The number of nitrogens with one attached hydrogen (secondary N) is 1. The smallest absolute Gasteiger partial charge is 0.226 e. The highest BCUT2D eigenvalue weighted by atomic mass is 19.1. The molecule has 2 aromatic rings. The van der Waals surface area contributed by atoms with Crippen LogP contribution in [-0.2, 0) is 16.1 Å². The van der Waals surface area contributed by atoms with Crippen molar-refractivity contribution in [3.63, 3.8) is 0 Å². The van der Waals surface area contributed by atoms with Crippen molar-refractivity contribution in [3.8, 4) is 0 Å². The van der Waals surface area contributed by atoms with Crippen LogP contribution in [0.1, 0.15) is 12.2 Å². The molecule has 1 saturated heterocycles. The number of rotatable bonds is 5. The highest BCUT2D eigenvalue weighted by Gasteiger charge is 2.49. The standard InChI is InChI=1S/C20H22FN3O3/c21-14-3-5-15(6-4-14)23-7-9-24(10-8-23)20(26)18-12-17(18)19(25)22-13-16-2-1-11-27-16/h1-6,11,17-18H,7-10,12-13H2,(H,22,25). The lowest BCUT2D eigenvalue weighted by atomic mass is 10.2. The van der Waals surface area contributed by atoms with Crippen molar-refractivity contribution in [2.75, 3.05) is 31.1 Å². The maximum absolute atomic E-state index is 13.0. The van der Waals surface area contributed by atoms with Gasteiger partial charge in [0.25, 0.3) is 0 Å². The zero-order valence-corrected chi connectivity index (χ0v) is 14.9. The van der Waals surface area contributed by atoms with Crippen LogP contribution in [0.5, 0.6) is 0 Å². The molecule has 4 rings (SSSR count). The van der Waals surface area contributed by atoms with Gasteiger partial charge in [-0.1, -0.05) is 0 Å². The number of halogens is 1. The number of piperazine rings is 1. The van der Waals surface area contributed by atoms with Gasteiger partial charge in [-0.3, -0.25) is 9.59 Å². The summed E-state index contributed by atoms with van der Waals surface area (Å²) in [5.74, 6) is -0.0235. The van der Waals surface area contributed by atoms with Crippen molar-refractivity contribution in [1.82, 2.24) is 10.2 Å². The lowest BCUT2D eigenvalue weighted by Crippen LogP contribution is -2.49. The van der Waals surface area contributed by atoms with Gasteiger partial charge in [0, 0.05) is 31.9 Å². The third-order valence-electron chi connectivity index (χ3n) is 5.24. The van der Waals surface area contributed by atoms with Crippen molar-refractivity contribution < 1.29 is 18.4 Å². The van der Waals surface area contributed by atoms with Crippen molar-refractivity contribution in [2.24, 2.45) is 11.8 Å². The van der Waals surface area contributed by atoms with Crippen LogP contribution >= 0.6 is 0 Å². The average molecular weight is 371 g/mol. The number of carbonyl (C=O) groups excluding carboxylic acids is 2. The normalized spacial score (nSPS) is 21.8. The van der Waals surface area contributed by atoms with Crippen LogP contribution in [0.3, 0.4) is 0 Å². The zero-order valence-electron chi connectivity index (χ0n) is 14.9. The number of benzene rings is 1. The van der Waals surface area contributed by atoms with E-state index in [2.05, 4.69) is 10.2 Å². The molecular formula is C20H22FN3O3. The van der Waals surface area contributed by atoms with E-state index in [1.54, 1.807) is 30.5 Å². The van der Waals surface area contributed by atoms with Crippen molar-refractivity contribution in [3.05, 3.63) is 54.2 Å². The Kier molecular flexibility index (Phi) is 4.83. The maximum Gasteiger partial charge on any atom is 0.226 e. The number of nitrogens with zero attached hydrogens (tertiary/aromatic N) is 2. The highest BCUT2D eigenvalue weighted by molar-refractivity contribution is 5.92. The zero-order chi connectivity index (χ0) is 18.8. The first kappa shape index (κ1) is 17.6. The molecular weight excluding hydrogens is 349 g/mol. The molecule has 7 heteroatoms. The Hall–Kier alpha value is -2.83. The van der Waals surface area contributed by atoms with Crippen LogP contribution in [0.15, 0.2) is 47.1 Å². The number of hydrogen-bond donors (Lipinski definition) is 1. The van der Waals surface area contributed by atoms with Gasteiger partial charge in [-0.2, -0.15) is 0 Å². The lowest BCUT2D eigenvalue weighted by Gasteiger charge is -2.36. The molecule has 2 atom stereocenters. The van der Waals surface area contributed by atoms with E-state index in [4.69, 9.17) is 4.42 Å². The van der Waals surface area contributed by atoms with E-state index in [0.717, 1.165) is 5.69 Å². The molecule has 2 unspecified atom stereocenters. The molecule has 1 aliphatic carbocycles. The molecule has 0 radical (unpaired) electrons. The largest absolute Gasteiger partial charge is 0.467 e. The van der Waals surface area contributed by atoms with E-state index in [0.29, 0.717) is 44.9 Å². The molecule has 2 aliphatic rings. The number of hydrogen-bond acceptors (Lipinski definition) is 4. The highest BCUT2D eigenvalue weighted by Crippen LogP contribution is 2.40. The fourth-order valence-corrected chi connectivity index (χ4v) is 3.55. The second-order valence-electron chi connectivity index (χ2n) is 7.03. The first-order valence-electron chi connectivity index (χ1n) is 9.21. The predicted molar refractivity (Wildman–Crippen MR) is 97.3 cm³/mol. The summed E-state index contributed by atoms with van der Waals surface area (Å²) in [6, 6.07) is 9.99. The van der Waals surface area contributed by atoms with Crippen LogP contribution in [0.4, 0.5) is 10.1 Å². The van der Waals surface area contributed by atoms with Gasteiger partial charge in [0.2, 0.25) is 11.8 Å². The molecule has 2 heterocycles. The molecule has 0 spiro atoms. The molecule has 6 nitrogen and oxygen atoms in total. The Labute approximate surface area is 156 Å². The Morgan fingerprint density at radius 1 is 1.07 bits per heavy atom. The molecule has 1 aromatic heterocycles. The third kappa shape index (κ3) is 3.97. The van der Waals surface area contributed by atoms with Gasteiger partial charge in [-0.25, -0.2) is 4.39 Å². The minimum atomic E-state index is -0.252. The SMILES string of the molecule is O=C(NCc1ccco1)C1CC1C(=O)N1CCN(c2ccc(F)cc2)CC1. The quantitative estimate of drug-likeness (QED) is 0.873. The first-order valence-corrected chi connectivity index (χ1v) is 9.21. The van der Waals surface area contributed by atoms with Gasteiger partial charge in [-0.05, 0) is 42.8 Å². The first-order chi connectivity index (χ1) is 13.1. The van der Waals surface area contributed by atoms with E-state index in [9.17, 15) is 14.0 Å². The van der Waals surface area contributed by atoms with Crippen LogP contribution in [0.2, 0.25) is 0 Å². The van der Waals surface area contributed by atoms with Gasteiger partial charge in [0.1, 0.15) is 11.6 Å². The second kappa shape index (κ2) is 7.42. The molecule has 0 bridgehead atoms. The summed E-state index contributed by atoms with van der Waals surface area (Å²) in [6.45, 7) is 3.00. The molecule has 142 valence electrons. The fourth-order valence-electron chi connectivity index (χ4n) is 3.55. The monoisotopic (exact) mass is 371 g/mol. The Morgan fingerprint density at radius 3 is 2.48 bits per heavy atom. The Balaban J connectivity index is 1.24. The number of anilines is 1. The van der Waals surface area contributed by atoms with E-state index >= 15 is 0 Å². The Bertz CT molecular complexity index is 798.